The maximum absolute atomic E-state index is 12.1. The summed E-state index contributed by atoms with van der Waals surface area (Å²) in [5.74, 6) is 1.93. The van der Waals surface area contributed by atoms with E-state index in [0.29, 0.717) is 47.7 Å². The SMILES string of the molecule is CNC(=O)c1ccc(Nc2nc(OC3CCOCC3)c3c(-c4ccc(-c5ncc(C)[nH]5)cc4)c[nH]c3n2)c(OC)c1. The van der Waals surface area contributed by atoms with Crippen LogP contribution in [0.5, 0.6) is 11.6 Å². The van der Waals surface area contributed by atoms with Crippen LogP contribution in [0.15, 0.2) is 54.9 Å². The molecule has 0 bridgehead atoms. The number of ether oxygens (including phenoxy) is 3. The fourth-order valence-corrected chi connectivity index (χ4v) is 4.89. The van der Waals surface area contributed by atoms with Gasteiger partial charge in [-0.2, -0.15) is 9.97 Å². The zero-order valence-electron chi connectivity index (χ0n) is 23.1. The maximum Gasteiger partial charge on any atom is 0.251 e. The fourth-order valence-electron chi connectivity index (χ4n) is 4.89. The van der Waals surface area contributed by atoms with Crippen LogP contribution in [0.4, 0.5) is 11.6 Å². The molecule has 6 rings (SSSR count). The largest absolute Gasteiger partial charge is 0.495 e. The number of anilines is 2. The minimum Gasteiger partial charge on any atom is -0.495 e. The quantitative estimate of drug-likeness (QED) is 0.211. The first kappa shape index (κ1) is 26.3. The summed E-state index contributed by atoms with van der Waals surface area (Å²) in [7, 11) is 3.14. The highest BCUT2D eigenvalue weighted by molar-refractivity contribution is 5.98. The molecule has 41 heavy (non-hydrogen) atoms. The number of benzene rings is 2. The van der Waals surface area contributed by atoms with Gasteiger partial charge in [0.2, 0.25) is 11.8 Å². The van der Waals surface area contributed by atoms with Gasteiger partial charge in [0.05, 0.1) is 31.4 Å². The van der Waals surface area contributed by atoms with Crippen LogP contribution in [0.25, 0.3) is 33.5 Å². The van der Waals surface area contributed by atoms with E-state index >= 15 is 0 Å². The van der Waals surface area contributed by atoms with Gasteiger partial charge in [-0.15, -0.1) is 0 Å². The van der Waals surface area contributed by atoms with Gasteiger partial charge in [-0.3, -0.25) is 4.79 Å². The van der Waals surface area contributed by atoms with Crippen LogP contribution in [-0.4, -0.2) is 64.3 Å². The second-order valence-electron chi connectivity index (χ2n) is 9.82. The van der Waals surface area contributed by atoms with E-state index < -0.39 is 0 Å². The highest BCUT2D eigenvalue weighted by Crippen LogP contribution is 2.37. The number of nitrogens with zero attached hydrogens (tertiary/aromatic N) is 3. The van der Waals surface area contributed by atoms with Crippen molar-refractivity contribution < 1.29 is 19.0 Å². The van der Waals surface area contributed by atoms with Crippen LogP contribution < -0.4 is 20.1 Å². The van der Waals surface area contributed by atoms with Crippen LogP contribution in [0.3, 0.4) is 0 Å². The molecule has 1 fully saturated rings. The van der Waals surface area contributed by atoms with Gasteiger partial charge < -0.3 is 34.8 Å². The molecular formula is C30H31N7O4. The van der Waals surface area contributed by atoms with Crippen molar-refractivity contribution in [2.24, 2.45) is 0 Å². The number of hydrogen-bond donors (Lipinski definition) is 4. The monoisotopic (exact) mass is 553 g/mol. The summed E-state index contributed by atoms with van der Waals surface area (Å²) in [4.78, 5) is 32.7. The molecule has 11 heteroatoms. The molecule has 4 N–H and O–H groups in total. The third-order valence-electron chi connectivity index (χ3n) is 7.05. The smallest absolute Gasteiger partial charge is 0.251 e. The van der Waals surface area contributed by atoms with E-state index in [9.17, 15) is 4.79 Å². The zero-order valence-corrected chi connectivity index (χ0v) is 23.1. The number of aromatic amines is 2. The van der Waals surface area contributed by atoms with Gasteiger partial charge in [-0.05, 0) is 30.7 Å². The second-order valence-corrected chi connectivity index (χ2v) is 9.82. The number of carbonyl (C=O) groups is 1. The summed E-state index contributed by atoms with van der Waals surface area (Å²) in [6, 6.07) is 13.3. The molecule has 0 unspecified atom stereocenters. The zero-order chi connectivity index (χ0) is 28.3. The average molecular weight is 554 g/mol. The maximum atomic E-state index is 12.1. The molecule has 1 saturated heterocycles. The van der Waals surface area contributed by atoms with Crippen molar-refractivity contribution in [2.45, 2.75) is 25.9 Å². The molecule has 4 heterocycles. The molecule has 0 radical (unpaired) electrons. The lowest BCUT2D eigenvalue weighted by molar-refractivity contribution is 0.0244. The van der Waals surface area contributed by atoms with E-state index in [0.717, 1.165) is 46.4 Å². The second kappa shape index (κ2) is 11.3. The van der Waals surface area contributed by atoms with Gasteiger partial charge in [-0.25, -0.2) is 4.98 Å². The van der Waals surface area contributed by atoms with Crippen molar-refractivity contribution in [2.75, 3.05) is 32.7 Å². The van der Waals surface area contributed by atoms with Gasteiger partial charge in [0, 0.05) is 54.7 Å². The summed E-state index contributed by atoms with van der Waals surface area (Å²) in [5.41, 5.74) is 5.67. The number of H-pyrrole nitrogens is 2. The fraction of sp³-hybridized carbons (Fsp3) is 0.267. The van der Waals surface area contributed by atoms with Crippen LogP contribution in [0, 0.1) is 6.92 Å². The number of amides is 1. The van der Waals surface area contributed by atoms with E-state index in [1.54, 1.807) is 32.4 Å². The summed E-state index contributed by atoms with van der Waals surface area (Å²) in [6.45, 7) is 3.27. The Labute approximate surface area is 236 Å². The van der Waals surface area contributed by atoms with E-state index in [1.807, 2.05) is 31.5 Å². The molecule has 1 amide bonds. The molecule has 3 aromatic heterocycles. The van der Waals surface area contributed by atoms with Crippen molar-refractivity contribution in [3.05, 3.63) is 66.1 Å². The van der Waals surface area contributed by atoms with Crippen LogP contribution in [0.1, 0.15) is 28.9 Å². The van der Waals surface area contributed by atoms with Crippen LogP contribution in [-0.2, 0) is 4.74 Å². The third kappa shape index (κ3) is 5.44. The molecule has 210 valence electrons. The lowest BCUT2D eigenvalue weighted by Gasteiger charge is -2.23. The van der Waals surface area contributed by atoms with E-state index in [1.165, 1.54) is 0 Å². The first-order chi connectivity index (χ1) is 20.0. The van der Waals surface area contributed by atoms with Gasteiger partial charge in [0.1, 0.15) is 23.3 Å². The van der Waals surface area contributed by atoms with Gasteiger partial charge in [-0.1, -0.05) is 24.3 Å². The molecule has 0 saturated carbocycles. The van der Waals surface area contributed by atoms with Crippen molar-refractivity contribution in [1.82, 2.24) is 30.2 Å². The normalized spacial score (nSPS) is 13.7. The Morgan fingerprint density at radius 1 is 1.07 bits per heavy atom. The first-order valence-electron chi connectivity index (χ1n) is 13.5. The Morgan fingerprint density at radius 2 is 1.85 bits per heavy atom. The molecular weight excluding hydrogens is 522 g/mol. The Bertz CT molecular complexity index is 1690. The lowest BCUT2D eigenvalue weighted by atomic mass is 10.0. The third-order valence-corrected chi connectivity index (χ3v) is 7.05. The molecule has 1 aliphatic heterocycles. The van der Waals surface area contributed by atoms with E-state index in [2.05, 4.69) is 37.7 Å². The van der Waals surface area contributed by atoms with Crippen molar-refractivity contribution in [3.8, 4) is 34.1 Å². The van der Waals surface area contributed by atoms with Crippen molar-refractivity contribution >= 4 is 28.6 Å². The minimum atomic E-state index is -0.203. The number of aryl methyl sites for hydroxylation is 1. The number of rotatable bonds is 8. The number of aromatic nitrogens is 5. The lowest BCUT2D eigenvalue weighted by Crippen LogP contribution is -2.26. The number of hydrogen-bond acceptors (Lipinski definition) is 8. The molecule has 0 atom stereocenters. The Kier molecular flexibility index (Phi) is 7.26. The summed E-state index contributed by atoms with van der Waals surface area (Å²) >= 11 is 0. The van der Waals surface area contributed by atoms with Gasteiger partial charge >= 0.3 is 0 Å². The highest BCUT2D eigenvalue weighted by atomic mass is 16.5. The average Bonchev–Trinajstić information content (AvgIpc) is 3.64. The summed E-state index contributed by atoms with van der Waals surface area (Å²) < 4.78 is 17.6. The Hall–Kier alpha value is -4.90. The van der Waals surface area contributed by atoms with Gasteiger partial charge in [0.25, 0.3) is 5.91 Å². The standard InChI is InChI=1S/C30H31N7O4/c1-17-15-32-26(34-17)19-6-4-18(5-7-19)22-16-33-27-25(22)29(41-21-10-12-40-13-11-21)37-30(36-27)35-23-9-8-20(28(38)31-2)14-24(23)39-3/h4-9,14-16,21H,10-13H2,1-3H3,(H,31,38)(H,32,34)(H2,33,35,36,37). The molecule has 0 spiro atoms. The molecule has 2 aromatic carbocycles. The van der Waals surface area contributed by atoms with Crippen molar-refractivity contribution in [3.63, 3.8) is 0 Å². The molecule has 5 aromatic rings. The number of methoxy groups -OCH3 is 1. The Morgan fingerprint density at radius 3 is 2.56 bits per heavy atom. The van der Waals surface area contributed by atoms with Crippen molar-refractivity contribution in [1.29, 1.82) is 0 Å². The molecule has 0 aliphatic carbocycles. The molecule has 1 aliphatic rings. The predicted octanol–water partition coefficient (Wildman–Crippen LogP) is 4.99. The number of carbonyl (C=O) groups excluding carboxylic acids is 1. The summed E-state index contributed by atoms with van der Waals surface area (Å²) in [6.07, 6.45) is 5.27. The van der Waals surface area contributed by atoms with E-state index in [4.69, 9.17) is 24.2 Å². The van der Waals surface area contributed by atoms with Crippen LogP contribution >= 0.6 is 0 Å². The van der Waals surface area contributed by atoms with Gasteiger partial charge in [0.15, 0.2) is 0 Å². The topological polar surface area (TPSA) is 139 Å². The first-order valence-corrected chi connectivity index (χ1v) is 13.5. The number of imidazole rings is 1. The number of nitrogens with one attached hydrogen (secondary N) is 4. The number of fused-ring (bicyclic) bond motifs is 1. The minimum absolute atomic E-state index is 0.0246. The highest BCUT2D eigenvalue weighted by Gasteiger charge is 2.22. The van der Waals surface area contributed by atoms with Crippen LogP contribution in [0.2, 0.25) is 0 Å². The Balaban J connectivity index is 1.37. The molecule has 11 nitrogen and oxygen atoms in total. The van der Waals surface area contributed by atoms with E-state index in [-0.39, 0.29) is 12.0 Å². The summed E-state index contributed by atoms with van der Waals surface area (Å²) in [5, 5.41) is 6.66. The predicted molar refractivity (Wildman–Crippen MR) is 156 cm³/mol.